The van der Waals surface area contributed by atoms with Gasteiger partial charge in [0.25, 0.3) is 0 Å². The van der Waals surface area contributed by atoms with Crippen LogP contribution in [0.25, 0.3) is 22.9 Å². The molecule has 0 atom stereocenters. The molecule has 2 aromatic heterocycles. The summed E-state index contributed by atoms with van der Waals surface area (Å²) < 4.78 is 5.83. The van der Waals surface area contributed by atoms with E-state index < -0.39 is 5.97 Å². The van der Waals surface area contributed by atoms with Gasteiger partial charge >= 0.3 is 5.97 Å². The van der Waals surface area contributed by atoms with Gasteiger partial charge in [-0.25, -0.2) is 0 Å². The molecule has 0 bridgehead atoms. The monoisotopic (exact) mass is 363 g/mol. The Morgan fingerprint density at radius 2 is 2.12 bits per heavy atom. The molecule has 0 aliphatic carbocycles. The summed E-state index contributed by atoms with van der Waals surface area (Å²) in [6.45, 7) is 2.06. The Balaban J connectivity index is 1.83. The van der Waals surface area contributed by atoms with Crippen LogP contribution in [0.3, 0.4) is 0 Å². The third-order valence-corrected chi connectivity index (χ3v) is 4.33. The van der Waals surface area contributed by atoms with Crippen molar-refractivity contribution in [3.63, 3.8) is 0 Å². The zero-order valence-corrected chi connectivity index (χ0v) is 14.3. The van der Waals surface area contributed by atoms with Crippen molar-refractivity contribution in [3.05, 3.63) is 40.9 Å². The Morgan fingerprint density at radius 1 is 1.33 bits per heavy atom. The average Bonchev–Trinajstić information content (AvgIpc) is 3.21. The van der Waals surface area contributed by atoms with Gasteiger partial charge in [-0.15, -0.1) is 5.10 Å². The molecule has 3 aromatic rings. The number of thioether (sulfide) groups is 1. The number of nitrogens with one attached hydrogen (secondary N) is 1. The minimum Gasteiger partial charge on any atom is -0.481 e. The van der Waals surface area contributed by atoms with Crippen LogP contribution in [0.1, 0.15) is 12.5 Å². The van der Waals surface area contributed by atoms with Gasteiger partial charge in [0.1, 0.15) is 5.76 Å². The van der Waals surface area contributed by atoms with Gasteiger partial charge < -0.3 is 9.52 Å². The Hall–Kier alpha value is -2.25. The maximum Gasteiger partial charge on any atom is 0.313 e. The number of hydrogen-bond acceptors (Lipinski definition) is 5. The van der Waals surface area contributed by atoms with E-state index in [1.165, 1.54) is 0 Å². The Morgan fingerprint density at radius 3 is 2.88 bits per heavy atom. The maximum atomic E-state index is 10.6. The number of carboxylic acids is 1. The number of aryl methyl sites for hydroxylation is 1. The number of H-pyrrole nitrogens is 1. The largest absolute Gasteiger partial charge is 0.481 e. The van der Waals surface area contributed by atoms with E-state index in [1.807, 2.05) is 24.3 Å². The summed E-state index contributed by atoms with van der Waals surface area (Å²) >= 11 is 7.19. The third-order valence-electron chi connectivity index (χ3n) is 3.28. The highest BCUT2D eigenvalue weighted by Crippen LogP contribution is 2.30. The highest BCUT2D eigenvalue weighted by atomic mass is 35.5. The number of aliphatic carboxylic acids is 1. The highest BCUT2D eigenvalue weighted by molar-refractivity contribution is 7.99. The fraction of sp³-hybridized carbons (Fsp3) is 0.188. The minimum atomic E-state index is -0.917. The van der Waals surface area contributed by atoms with E-state index in [1.54, 1.807) is 6.07 Å². The molecule has 0 aliphatic rings. The first kappa shape index (κ1) is 16.6. The zero-order valence-electron chi connectivity index (χ0n) is 12.7. The quantitative estimate of drug-likeness (QED) is 0.640. The van der Waals surface area contributed by atoms with Gasteiger partial charge in [0.15, 0.2) is 11.6 Å². The van der Waals surface area contributed by atoms with Crippen molar-refractivity contribution in [2.45, 2.75) is 18.5 Å². The van der Waals surface area contributed by atoms with E-state index in [0.717, 1.165) is 29.3 Å². The van der Waals surface area contributed by atoms with Crippen LogP contribution in [0.4, 0.5) is 0 Å². The van der Waals surface area contributed by atoms with Crippen LogP contribution in [0.15, 0.2) is 39.9 Å². The first-order valence-electron chi connectivity index (χ1n) is 7.22. The van der Waals surface area contributed by atoms with Crippen LogP contribution in [0.2, 0.25) is 5.02 Å². The summed E-state index contributed by atoms with van der Waals surface area (Å²) in [4.78, 5) is 14.8. The van der Waals surface area contributed by atoms with Gasteiger partial charge in [-0.2, -0.15) is 4.98 Å². The molecule has 8 heteroatoms. The van der Waals surface area contributed by atoms with Crippen LogP contribution >= 0.6 is 23.4 Å². The number of halogens is 1. The third kappa shape index (κ3) is 3.80. The molecule has 124 valence electrons. The van der Waals surface area contributed by atoms with E-state index in [2.05, 4.69) is 22.1 Å². The van der Waals surface area contributed by atoms with Crippen molar-refractivity contribution < 1.29 is 14.3 Å². The number of aromatic nitrogens is 3. The number of carbonyl (C=O) groups is 1. The molecule has 0 unspecified atom stereocenters. The zero-order chi connectivity index (χ0) is 17.1. The molecular formula is C16H14ClN3O3S. The topological polar surface area (TPSA) is 92.0 Å². The number of nitrogens with zero attached hydrogens (tertiary/aromatic N) is 2. The molecule has 0 saturated carbocycles. The lowest BCUT2D eigenvalue weighted by atomic mass is 10.1. The normalized spacial score (nSPS) is 10.9. The fourth-order valence-electron chi connectivity index (χ4n) is 2.16. The van der Waals surface area contributed by atoms with Gasteiger partial charge in [0.05, 0.1) is 5.75 Å². The van der Waals surface area contributed by atoms with Crippen molar-refractivity contribution in [1.82, 2.24) is 15.2 Å². The first-order valence-corrected chi connectivity index (χ1v) is 8.58. The van der Waals surface area contributed by atoms with Crippen LogP contribution in [-0.4, -0.2) is 32.0 Å². The summed E-state index contributed by atoms with van der Waals surface area (Å²) in [7, 11) is 0. The van der Waals surface area contributed by atoms with E-state index in [4.69, 9.17) is 21.1 Å². The molecule has 0 fully saturated rings. The van der Waals surface area contributed by atoms with Crippen molar-refractivity contribution in [1.29, 1.82) is 0 Å². The van der Waals surface area contributed by atoms with Crippen molar-refractivity contribution in [2.24, 2.45) is 0 Å². The number of rotatable bonds is 6. The molecule has 0 spiro atoms. The molecule has 2 heterocycles. The molecule has 3 rings (SSSR count). The number of carboxylic acid groups (broad SMARTS) is 1. The van der Waals surface area contributed by atoms with Crippen LogP contribution in [0, 0.1) is 0 Å². The minimum absolute atomic E-state index is 0.0942. The lowest BCUT2D eigenvalue weighted by molar-refractivity contribution is -0.133. The van der Waals surface area contributed by atoms with Gasteiger partial charge in [-0.05, 0) is 42.3 Å². The molecule has 6 nitrogen and oxygen atoms in total. The summed E-state index contributed by atoms with van der Waals surface area (Å²) in [5, 5.41) is 16.4. The predicted octanol–water partition coefficient (Wildman–Crippen LogP) is 4.12. The summed E-state index contributed by atoms with van der Waals surface area (Å²) in [6, 6.07) is 9.43. The van der Waals surface area contributed by atoms with Gasteiger partial charge in [-0.1, -0.05) is 30.3 Å². The van der Waals surface area contributed by atoms with E-state index in [0.29, 0.717) is 27.5 Å². The molecule has 2 N–H and O–H groups in total. The molecule has 0 aliphatic heterocycles. The summed E-state index contributed by atoms with van der Waals surface area (Å²) in [5.41, 5.74) is 2.02. The van der Waals surface area contributed by atoms with Gasteiger partial charge in [0.2, 0.25) is 5.16 Å². The van der Waals surface area contributed by atoms with E-state index in [-0.39, 0.29) is 5.75 Å². The van der Waals surface area contributed by atoms with E-state index >= 15 is 0 Å². The molecular weight excluding hydrogens is 350 g/mol. The molecule has 0 radical (unpaired) electrons. The second-order valence-corrected chi connectivity index (χ2v) is 6.39. The predicted molar refractivity (Wildman–Crippen MR) is 92.3 cm³/mol. The van der Waals surface area contributed by atoms with Crippen molar-refractivity contribution in [2.75, 3.05) is 5.75 Å². The highest BCUT2D eigenvalue weighted by Gasteiger charge is 2.13. The number of furan rings is 1. The van der Waals surface area contributed by atoms with Crippen molar-refractivity contribution >= 4 is 29.3 Å². The second kappa shape index (κ2) is 7.11. The van der Waals surface area contributed by atoms with Crippen LogP contribution in [-0.2, 0) is 11.2 Å². The SMILES string of the molecule is CCc1cc(Cl)cc(-c2ccc(-c3nc(SCC(=O)O)n[nH]3)o2)c1. The number of hydrogen-bond donors (Lipinski definition) is 2. The maximum absolute atomic E-state index is 10.6. The number of benzene rings is 1. The fourth-order valence-corrected chi connectivity index (χ4v) is 2.94. The molecule has 24 heavy (non-hydrogen) atoms. The summed E-state index contributed by atoms with van der Waals surface area (Å²) in [5.74, 6) is 0.644. The van der Waals surface area contributed by atoms with Crippen molar-refractivity contribution in [3.8, 4) is 22.9 Å². The lowest BCUT2D eigenvalue weighted by Crippen LogP contribution is -1.97. The first-order chi connectivity index (χ1) is 11.5. The van der Waals surface area contributed by atoms with E-state index in [9.17, 15) is 4.79 Å². The Labute approximate surface area is 147 Å². The number of aromatic amines is 1. The smallest absolute Gasteiger partial charge is 0.313 e. The van der Waals surface area contributed by atoms with Crippen LogP contribution < -0.4 is 0 Å². The lowest BCUT2D eigenvalue weighted by Gasteiger charge is -2.02. The van der Waals surface area contributed by atoms with Gasteiger partial charge in [-0.3, -0.25) is 9.89 Å². The Bertz CT molecular complexity index is 875. The molecule has 1 aromatic carbocycles. The summed E-state index contributed by atoms with van der Waals surface area (Å²) in [6.07, 6.45) is 0.882. The second-order valence-electron chi connectivity index (χ2n) is 5.01. The molecule has 0 amide bonds. The Kier molecular flexibility index (Phi) is 4.92. The van der Waals surface area contributed by atoms with Crippen LogP contribution in [0.5, 0.6) is 0 Å². The van der Waals surface area contributed by atoms with Gasteiger partial charge in [0, 0.05) is 10.6 Å². The average molecular weight is 364 g/mol. The molecule has 0 saturated heterocycles. The standard InChI is InChI=1S/C16H14ClN3O3S/c1-2-9-5-10(7-11(17)6-9)12-3-4-13(23-12)15-18-16(20-19-15)24-8-14(21)22/h3-7H,2,8H2,1H3,(H,21,22)(H,18,19,20).